The largest absolute Gasteiger partial charge is 0.398 e. The Morgan fingerprint density at radius 3 is 2.33 bits per heavy atom. The Hall–Kier alpha value is -1.47. The Balaban J connectivity index is 2.60. The van der Waals surface area contributed by atoms with Gasteiger partial charge in [0.25, 0.3) is 0 Å². The zero-order valence-electron chi connectivity index (χ0n) is 10.8. The molecule has 0 bridgehead atoms. The normalized spacial score (nSPS) is 10.6. The van der Waals surface area contributed by atoms with Crippen molar-refractivity contribution in [3.63, 3.8) is 0 Å². The van der Waals surface area contributed by atoms with E-state index in [2.05, 4.69) is 32.0 Å². The van der Waals surface area contributed by atoms with Crippen molar-refractivity contribution >= 4 is 17.3 Å². The molecule has 0 aromatic heterocycles. The molecule has 0 atom stereocenters. The summed E-state index contributed by atoms with van der Waals surface area (Å²) >= 11 is 5.96. The fraction of sp³-hybridized carbons (Fsp3) is 0.250. The van der Waals surface area contributed by atoms with Crippen LogP contribution in [0.2, 0.25) is 5.02 Å². The van der Waals surface area contributed by atoms with Crippen molar-refractivity contribution in [2.24, 2.45) is 0 Å². The number of hydrogen-bond acceptors (Lipinski definition) is 1. The minimum Gasteiger partial charge on any atom is -0.398 e. The highest BCUT2D eigenvalue weighted by molar-refractivity contribution is 6.31. The quantitative estimate of drug-likeness (QED) is 0.794. The van der Waals surface area contributed by atoms with E-state index < -0.39 is 0 Å². The summed E-state index contributed by atoms with van der Waals surface area (Å²) in [5.74, 6) is 0. The van der Waals surface area contributed by atoms with Crippen LogP contribution < -0.4 is 5.73 Å². The average molecular weight is 260 g/mol. The van der Waals surface area contributed by atoms with Crippen LogP contribution in [0.25, 0.3) is 11.1 Å². The van der Waals surface area contributed by atoms with E-state index >= 15 is 0 Å². The number of aryl methyl sites for hydroxylation is 2. The highest BCUT2D eigenvalue weighted by Crippen LogP contribution is 2.32. The molecule has 0 fully saturated rings. The maximum absolute atomic E-state index is 6.08. The summed E-state index contributed by atoms with van der Waals surface area (Å²) in [6.07, 6.45) is 2.03. The summed E-state index contributed by atoms with van der Waals surface area (Å²) in [7, 11) is 0. The summed E-state index contributed by atoms with van der Waals surface area (Å²) < 4.78 is 0. The van der Waals surface area contributed by atoms with Gasteiger partial charge in [0, 0.05) is 16.3 Å². The van der Waals surface area contributed by atoms with Gasteiger partial charge < -0.3 is 5.73 Å². The molecule has 1 nitrogen and oxygen atoms in total. The molecule has 0 saturated heterocycles. The first-order chi connectivity index (χ1) is 8.65. The number of halogens is 1. The lowest BCUT2D eigenvalue weighted by Gasteiger charge is -2.12. The molecule has 0 unspecified atom stereocenters. The first kappa shape index (κ1) is 13.0. The van der Waals surface area contributed by atoms with Gasteiger partial charge >= 0.3 is 0 Å². The number of nitrogen functional groups attached to an aromatic ring is 1. The number of nitrogens with two attached hydrogens (primary N) is 1. The Labute approximate surface area is 114 Å². The van der Waals surface area contributed by atoms with Gasteiger partial charge in [-0.3, -0.25) is 0 Å². The van der Waals surface area contributed by atoms with Crippen molar-refractivity contribution in [2.45, 2.75) is 26.7 Å². The summed E-state index contributed by atoms with van der Waals surface area (Å²) in [6.45, 7) is 4.33. The van der Waals surface area contributed by atoms with E-state index in [0.29, 0.717) is 5.02 Å². The Bertz CT molecular complexity index is 561. The van der Waals surface area contributed by atoms with Gasteiger partial charge in [-0.1, -0.05) is 49.7 Å². The second kappa shape index (κ2) is 5.45. The number of benzene rings is 2. The van der Waals surface area contributed by atoms with Crippen molar-refractivity contribution in [1.82, 2.24) is 0 Å². The molecule has 2 N–H and O–H groups in total. The minimum atomic E-state index is 0.681. The van der Waals surface area contributed by atoms with Crippen molar-refractivity contribution in [3.8, 4) is 11.1 Å². The molecule has 0 spiro atoms. The second-order valence-electron chi connectivity index (χ2n) is 4.43. The fourth-order valence-electron chi connectivity index (χ4n) is 2.18. The van der Waals surface area contributed by atoms with Crippen LogP contribution in [-0.4, -0.2) is 0 Å². The molecule has 0 heterocycles. The van der Waals surface area contributed by atoms with Crippen LogP contribution in [-0.2, 0) is 12.8 Å². The predicted molar refractivity (Wildman–Crippen MR) is 80.1 cm³/mol. The predicted octanol–water partition coefficient (Wildman–Crippen LogP) is 4.71. The molecule has 18 heavy (non-hydrogen) atoms. The number of hydrogen-bond donors (Lipinski definition) is 1. The van der Waals surface area contributed by atoms with Crippen molar-refractivity contribution < 1.29 is 0 Å². The molecule has 0 aliphatic heterocycles. The maximum atomic E-state index is 6.08. The third-order valence-corrected chi connectivity index (χ3v) is 3.50. The zero-order chi connectivity index (χ0) is 13.1. The van der Waals surface area contributed by atoms with Crippen LogP contribution in [0.4, 0.5) is 5.69 Å². The van der Waals surface area contributed by atoms with Gasteiger partial charge in [-0.15, -0.1) is 0 Å². The van der Waals surface area contributed by atoms with Gasteiger partial charge in [-0.05, 0) is 41.7 Å². The first-order valence-electron chi connectivity index (χ1n) is 6.33. The minimum absolute atomic E-state index is 0.681. The number of rotatable bonds is 3. The molecule has 0 aliphatic carbocycles. The molecule has 0 saturated carbocycles. The van der Waals surface area contributed by atoms with Crippen molar-refractivity contribution in [2.75, 3.05) is 5.73 Å². The van der Waals surface area contributed by atoms with E-state index in [4.69, 9.17) is 17.3 Å². The monoisotopic (exact) mass is 259 g/mol. The third-order valence-electron chi connectivity index (χ3n) is 3.27. The topological polar surface area (TPSA) is 26.0 Å². The van der Waals surface area contributed by atoms with Crippen molar-refractivity contribution in [3.05, 3.63) is 52.5 Å². The van der Waals surface area contributed by atoms with Crippen LogP contribution in [0.15, 0.2) is 36.4 Å². The average Bonchev–Trinajstić information content (AvgIpc) is 2.38. The highest BCUT2D eigenvalue weighted by atomic mass is 35.5. The lowest BCUT2D eigenvalue weighted by Crippen LogP contribution is -1.95. The van der Waals surface area contributed by atoms with E-state index in [1.54, 1.807) is 0 Å². The van der Waals surface area contributed by atoms with E-state index in [1.165, 1.54) is 16.7 Å². The molecule has 2 rings (SSSR count). The van der Waals surface area contributed by atoms with Gasteiger partial charge in [0.1, 0.15) is 0 Å². The lowest BCUT2D eigenvalue weighted by atomic mass is 9.94. The lowest BCUT2D eigenvalue weighted by molar-refractivity contribution is 1.10. The summed E-state index contributed by atoms with van der Waals surface area (Å²) in [6, 6.07) is 12.3. The summed E-state index contributed by atoms with van der Waals surface area (Å²) in [5, 5.41) is 0.681. The molecular formula is C16H18ClN. The van der Waals surface area contributed by atoms with Gasteiger partial charge in [0.05, 0.1) is 0 Å². The van der Waals surface area contributed by atoms with Crippen LogP contribution in [0.1, 0.15) is 25.0 Å². The van der Waals surface area contributed by atoms with E-state index in [-0.39, 0.29) is 0 Å². The van der Waals surface area contributed by atoms with Crippen LogP contribution in [0.3, 0.4) is 0 Å². The Morgan fingerprint density at radius 2 is 1.72 bits per heavy atom. The van der Waals surface area contributed by atoms with E-state index in [0.717, 1.165) is 24.1 Å². The first-order valence-corrected chi connectivity index (χ1v) is 6.70. The SMILES string of the molecule is CCc1ccc(CC)c(-c2ccc(Cl)cc2N)c1. The fourth-order valence-corrected chi connectivity index (χ4v) is 2.36. The molecule has 2 aromatic carbocycles. The molecular weight excluding hydrogens is 242 g/mol. The molecule has 0 aliphatic rings. The Kier molecular flexibility index (Phi) is 3.93. The van der Waals surface area contributed by atoms with Crippen molar-refractivity contribution in [1.29, 1.82) is 0 Å². The van der Waals surface area contributed by atoms with Crippen LogP contribution in [0, 0.1) is 0 Å². The summed E-state index contributed by atoms with van der Waals surface area (Å²) in [5.41, 5.74) is 11.8. The van der Waals surface area contributed by atoms with Gasteiger partial charge in [-0.2, -0.15) is 0 Å². The molecule has 0 radical (unpaired) electrons. The molecule has 0 amide bonds. The maximum Gasteiger partial charge on any atom is 0.0426 e. The molecule has 94 valence electrons. The summed E-state index contributed by atoms with van der Waals surface area (Å²) in [4.78, 5) is 0. The highest BCUT2D eigenvalue weighted by Gasteiger charge is 2.08. The Morgan fingerprint density at radius 1 is 0.944 bits per heavy atom. The molecule has 2 aromatic rings. The standard InChI is InChI=1S/C16H18ClN/c1-3-11-5-6-12(4-2)15(9-11)14-8-7-13(17)10-16(14)18/h5-10H,3-4,18H2,1-2H3. The second-order valence-corrected chi connectivity index (χ2v) is 4.87. The van der Waals surface area contributed by atoms with Crippen LogP contribution in [0.5, 0.6) is 0 Å². The van der Waals surface area contributed by atoms with E-state index in [1.807, 2.05) is 18.2 Å². The molecule has 2 heteroatoms. The number of anilines is 1. The van der Waals surface area contributed by atoms with Crippen LogP contribution >= 0.6 is 11.6 Å². The van der Waals surface area contributed by atoms with E-state index in [9.17, 15) is 0 Å². The van der Waals surface area contributed by atoms with Gasteiger partial charge in [0.2, 0.25) is 0 Å². The van der Waals surface area contributed by atoms with Gasteiger partial charge in [0.15, 0.2) is 0 Å². The third kappa shape index (κ3) is 2.51. The smallest absolute Gasteiger partial charge is 0.0426 e. The zero-order valence-corrected chi connectivity index (χ0v) is 11.6. The van der Waals surface area contributed by atoms with Gasteiger partial charge in [-0.25, -0.2) is 0 Å².